The van der Waals surface area contributed by atoms with E-state index in [0.717, 1.165) is 19.4 Å². The molecule has 1 saturated heterocycles. The summed E-state index contributed by atoms with van der Waals surface area (Å²) in [5, 5.41) is 0. The van der Waals surface area contributed by atoms with Crippen molar-refractivity contribution in [1.29, 1.82) is 0 Å². The van der Waals surface area contributed by atoms with E-state index in [-0.39, 0.29) is 5.92 Å². The third-order valence-corrected chi connectivity index (χ3v) is 2.73. The molecule has 0 aromatic heterocycles. The van der Waals surface area contributed by atoms with Crippen LogP contribution in [0.25, 0.3) is 0 Å². The lowest BCUT2D eigenvalue weighted by atomic mass is 10.1. The Hall–Kier alpha value is -0.240. The van der Waals surface area contributed by atoms with Gasteiger partial charge in [-0.2, -0.15) is 0 Å². The molecular weight excluding hydrogens is 174 g/mol. The smallest absolute Gasteiger partial charge is 0.225 e. The zero-order valence-electron chi connectivity index (χ0n) is 7.72. The summed E-state index contributed by atoms with van der Waals surface area (Å²) >= 11 is 5.57. The standard InChI is InChI=1S/C9H16ClNO/c1-7-6-8(2)11(9(7)12)5-3-4-10/h7-8H,3-6H2,1-2H3. The van der Waals surface area contributed by atoms with Crippen LogP contribution in [0.3, 0.4) is 0 Å². The topological polar surface area (TPSA) is 20.3 Å². The molecule has 0 spiro atoms. The first-order valence-electron chi connectivity index (χ1n) is 4.53. The van der Waals surface area contributed by atoms with Crippen LogP contribution in [0.5, 0.6) is 0 Å². The molecule has 0 radical (unpaired) electrons. The van der Waals surface area contributed by atoms with Gasteiger partial charge in [0.15, 0.2) is 0 Å². The molecule has 0 N–H and O–H groups in total. The number of hydrogen-bond donors (Lipinski definition) is 0. The Kier molecular flexibility index (Phi) is 3.39. The number of alkyl halides is 1. The lowest BCUT2D eigenvalue weighted by Gasteiger charge is -2.20. The van der Waals surface area contributed by atoms with E-state index in [1.807, 2.05) is 11.8 Å². The van der Waals surface area contributed by atoms with Crippen molar-refractivity contribution in [2.24, 2.45) is 5.92 Å². The van der Waals surface area contributed by atoms with E-state index >= 15 is 0 Å². The zero-order valence-corrected chi connectivity index (χ0v) is 8.47. The van der Waals surface area contributed by atoms with Crippen molar-refractivity contribution in [1.82, 2.24) is 4.90 Å². The Morgan fingerprint density at radius 1 is 1.58 bits per heavy atom. The highest BCUT2D eigenvalue weighted by Gasteiger charge is 2.33. The van der Waals surface area contributed by atoms with Crippen LogP contribution in [0.15, 0.2) is 0 Å². The van der Waals surface area contributed by atoms with Gasteiger partial charge in [0, 0.05) is 24.4 Å². The number of carbonyl (C=O) groups excluding carboxylic acids is 1. The van der Waals surface area contributed by atoms with Gasteiger partial charge in [-0.25, -0.2) is 0 Å². The average Bonchev–Trinajstić information content (AvgIpc) is 2.25. The molecule has 3 heteroatoms. The molecule has 2 unspecified atom stereocenters. The molecule has 1 heterocycles. The molecule has 70 valence electrons. The Morgan fingerprint density at radius 3 is 2.67 bits per heavy atom. The van der Waals surface area contributed by atoms with E-state index in [9.17, 15) is 4.79 Å². The maximum Gasteiger partial charge on any atom is 0.225 e. The number of amides is 1. The highest BCUT2D eigenvalue weighted by atomic mass is 35.5. The minimum absolute atomic E-state index is 0.218. The SMILES string of the molecule is CC1CC(C)N(CCCCl)C1=O. The minimum atomic E-state index is 0.218. The summed E-state index contributed by atoms with van der Waals surface area (Å²) in [6, 6.07) is 0.413. The second-order valence-electron chi connectivity index (χ2n) is 3.56. The maximum absolute atomic E-state index is 11.5. The number of halogens is 1. The second-order valence-corrected chi connectivity index (χ2v) is 3.94. The molecule has 0 aliphatic carbocycles. The molecule has 1 amide bonds. The molecule has 1 rings (SSSR count). The van der Waals surface area contributed by atoms with Crippen molar-refractivity contribution in [3.8, 4) is 0 Å². The van der Waals surface area contributed by atoms with Crippen LogP contribution in [-0.4, -0.2) is 29.3 Å². The number of nitrogens with zero attached hydrogens (tertiary/aromatic N) is 1. The Bertz CT molecular complexity index is 172. The lowest BCUT2D eigenvalue weighted by molar-refractivity contribution is -0.131. The van der Waals surface area contributed by atoms with Gasteiger partial charge in [-0.1, -0.05) is 6.92 Å². The van der Waals surface area contributed by atoms with Crippen molar-refractivity contribution >= 4 is 17.5 Å². The van der Waals surface area contributed by atoms with E-state index in [2.05, 4.69) is 6.92 Å². The molecule has 1 aliphatic rings. The quantitative estimate of drug-likeness (QED) is 0.621. The first-order valence-corrected chi connectivity index (χ1v) is 5.06. The molecular formula is C9H16ClNO. The highest BCUT2D eigenvalue weighted by molar-refractivity contribution is 6.17. The van der Waals surface area contributed by atoms with Crippen molar-refractivity contribution in [3.05, 3.63) is 0 Å². The summed E-state index contributed by atoms with van der Waals surface area (Å²) in [6.45, 7) is 4.93. The van der Waals surface area contributed by atoms with Crippen molar-refractivity contribution in [2.75, 3.05) is 12.4 Å². The highest BCUT2D eigenvalue weighted by Crippen LogP contribution is 2.23. The Labute approximate surface area is 78.9 Å². The van der Waals surface area contributed by atoms with Crippen LogP contribution in [0.1, 0.15) is 26.7 Å². The van der Waals surface area contributed by atoms with Gasteiger partial charge in [-0.05, 0) is 19.8 Å². The van der Waals surface area contributed by atoms with Crippen LogP contribution >= 0.6 is 11.6 Å². The molecule has 2 atom stereocenters. The monoisotopic (exact) mass is 189 g/mol. The van der Waals surface area contributed by atoms with Gasteiger partial charge < -0.3 is 4.90 Å². The summed E-state index contributed by atoms with van der Waals surface area (Å²) in [5.41, 5.74) is 0. The summed E-state index contributed by atoms with van der Waals surface area (Å²) in [6.07, 6.45) is 1.91. The number of carbonyl (C=O) groups is 1. The van der Waals surface area contributed by atoms with Gasteiger partial charge >= 0.3 is 0 Å². The second kappa shape index (κ2) is 4.13. The van der Waals surface area contributed by atoms with Gasteiger partial charge in [0.2, 0.25) is 5.91 Å². The van der Waals surface area contributed by atoms with Gasteiger partial charge in [0.05, 0.1) is 0 Å². The predicted molar refractivity (Wildman–Crippen MR) is 50.3 cm³/mol. The van der Waals surface area contributed by atoms with Gasteiger partial charge in [0.25, 0.3) is 0 Å². The molecule has 0 bridgehead atoms. The number of rotatable bonds is 3. The van der Waals surface area contributed by atoms with E-state index in [1.165, 1.54) is 0 Å². The number of likely N-dealkylation sites (tertiary alicyclic amines) is 1. The Balaban J connectivity index is 2.46. The number of hydrogen-bond acceptors (Lipinski definition) is 1. The van der Waals surface area contributed by atoms with Gasteiger partial charge in [-0.15, -0.1) is 11.6 Å². The van der Waals surface area contributed by atoms with E-state index in [0.29, 0.717) is 17.8 Å². The van der Waals surface area contributed by atoms with Crippen molar-refractivity contribution < 1.29 is 4.79 Å². The summed E-state index contributed by atoms with van der Waals surface area (Å²) < 4.78 is 0. The summed E-state index contributed by atoms with van der Waals surface area (Å²) in [4.78, 5) is 13.5. The molecule has 1 aliphatic heterocycles. The van der Waals surface area contributed by atoms with Crippen LogP contribution in [0.2, 0.25) is 0 Å². The van der Waals surface area contributed by atoms with Crippen LogP contribution < -0.4 is 0 Å². The summed E-state index contributed by atoms with van der Waals surface area (Å²) in [7, 11) is 0. The fourth-order valence-corrected chi connectivity index (χ4v) is 1.92. The average molecular weight is 190 g/mol. The first-order chi connectivity index (χ1) is 5.66. The largest absolute Gasteiger partial charge is 0.340 e. The third-order valence-electron chi connectivity index (χ3n) is 2.46. The molecule has 0 aromatic carbocycles. The zero-order chi connectivity index (χ0) is 9.14. The first kappa shape index (κ1) is 9.85. The molecule has 1 fully saturated rings. The fourth-order valence-electron chi connectivity index (χ4n) is 1.80. The maximum atomic E-state index is 11.5. The van der Waals surface area contributed by atoms with Crippen LogP contribution in [-0.2, 0) is 4.79 Å². The molecule has 12 heavy (non-hydrogen) atoms. The van der Waals surface area contributed by atoms with Crippen molar-refractivity contribution in [2.45, 2.75) is 32.7 Å². The van der Waals surface area contributed by atoms with E-state index < -0.39 is 0 Å². The van der Waals surface area contributed by atoms with Crippen LogP contribution in [0.4, 0.5) is 0 Å². The van der Waals surface area contributed by atoms with Crippen molar-refractivity contribution in [3.63, 3.8) is 0 Å². The molecule has 0 saturated carbocycles. The van der Waals surface area contributed by atoms with Gasteiger partial charge in [-0.3, -0.25) is 4.79 Å². The Morgan fingerprint density at radius 2 is 2.25 bits per heavy atom. The predicted octanol–water partition coefficient (Wildman–Crippen LogP) is 1.87. The minimum Gasteiger partial charge on any atom is -0.340 e. The normalized spacial score (nSPS) is 29.9. The fraction of sp³-hybridized carbons (Fsp3) is 0.889. The lowest BCUT2D eigenvalue weighted by Crippen LogP contribution is -2.32. The molecule has 0 aromatic rings. The molecule has 2 nitrogen and oxygen atoms in total. The summed E-state index contributed by atoms with van der Waals surface area (Å²) in [5.74, 6) is 1.16. The van der Waals surface area contributed by atoms with E-state index in [4.69, 9.17) is 11.6 Å². The third kappa shape index (κ3) is 1.92. The van der Waals surface area contributed by atoms with Gasteiger partial charge in [0.1, 0.15) is 0 Å². The van der Waals surface area contributed by atoms with Crippen LogP contribution in [0, 0.1) is 5.92 Å². The van der Waals surface area contributed by atoms with E-state index in [1.54, 1.807) is 0 Å².